The third-order valence-corrected chi connectivity index (χ3v) is 14.3. The minimum atomic E-state index is -4.38. The molecule has 67 heavy (non-hydrogen) atoms. The van der Waals surface area contributed by atoms with Gasteiger partial charge in [0.2, 0.25) is 0 Å². The molecule has 7 aromatic carbocycles. The zero-order valence-electron chi connectivity index (χ0n) is 35.3. The van der Waals surface area contributed by atoms with Gasteiger partial charge in [-0.15, -0.1) is 19.7 Å². The van der Waals surface area contributed by atoms with E-state index < -0.39 is 47.6 Å². The smallest absolute Gasteiger partial charge is 0.297 e. The third kappa shape index (κ3) is 9.88. The molecule has 0 radical (unpaired) electrons. The number of fused-ring (bicyclic) bond motifs is 3. The molecule has 0 amide bonds. The Morgan fingerprint density at radius 2 is 1.22 bits per heavy atom. The van der Waals surface area contributed by atoms with E-state index in [-0.39, 0.29) is 86.3 Å². The van der Waals surface area contributed by atoms with Gasteiger partial charge in [0.1, 0.15) is 38.4 Å². The molecule has 0 aromatic heterocycles. The van der Waals surface area contributed by atoms with Crippen molar-refractivity contribution in [1.82, 2.24) is 0 Å². The number of aryl methyl sites for hydroxylation is 1. The van der Waals surface area contributed by atoms with Crippen LogP contribution < -0.4 is 5.73 Å². The molecule has 22 nitrogen and oxygen atoms in total. The van der Waals surface area contributed by atoms with E-state index >= 15 is 0 Å². The summed E-state index contributed by atoms with van der Waals surface area (Å²) in [4.78, 5) is 3.69. The Hall–Kier alpha value is -6.72. The molecule has 0 saturated heterocycles. The maximum Gasteiger partial charge on any atom is 0.297 e. The van der Waals surface area contributed by atoms with E-state index in [4.69, 9.17) is 14.3 Å². The molecule has 26 heteroatoms. The molecule has 0 aliphatic carbocycles. The average molecular weight is 994 g/mol. The van der Waals surface area contributed by atoms with Crippen molar-refractivity contribution in [3.8, 4) is 17.2 Å². The Bertz CT molecular complexity index is 3570. The lowest BCUT2D eigenvalue weighted by Gasteiger charge is -2.11. The Morgan fingerprint density at radius 1 is 0.567 bits per heavy atom. The van der Waals surface area contributed by atoms with Crippen LogP contribution in [0.25, 0.3) is 32.3 Å². The maximum atomic E-state index is 12.9. The Morgan fingerprint density at radius 3 is 1.94 bits per heavy atom. The number of hydrogen-bond donors (Lipinski definition) is 4. The number of phenolic OH excluding ortho intramolecular Hbond substituents is 3. The number of hydrogen-bond acceptors (Lipinski definition) is 23. The highest BCUT2D eigenvalue weighted by atomic mass is 32.2. The van der Waals surface area contributed by atoms with Crippen molar-refractivity contribution in [3.05, 3.63) is 96.6 Å². The molecule has 0 atom stereocenters. The fourth-order valence-corrected chi connectivity index (χ4v) is 9.57. The second-order valence-corrected chi connectivity index (χ2v) is 19.6. The lowest BCUT2D eigenvalue weighted by Crippen LogP contribution is -2.06. The van der Waals surface area contributed by atoms with Gasteiger partial charge in [-0.3, -0.25) is 12.5 Å². The van der Waals surface area contributed by atoms with Crippen molar-refractivity contribution in [2.24, 2.45) is 30.7 Å². The van der Waals surface area contributed by atoms with Crippen molar-refractivity contribution in [2.75, 3.05) is 34.2 Å². The van der Waals surface area contributed by atoms with E-state index in [2.05, 4.69) is 49.0 Å². The van der Waals surface area contributed by atoms with Gasteiger partial charge in [0.05, 0.1) is 78.4 Å². The molecule has 0 aliphatic heterocycles. The van der Waals surface area contributed by atoms with Gasteiger partial charge < -0.3 is 21.1 Å². The first kappa shape index (κ1) is 48.2. The van der Waals surface area contributed by atoms with Gasteiger partial charge in [0.15, 0.2) is 5.75 Å². The van der Waals surface area contributed by atoms with Crippen LogP contribution >= 0.6 is 12.0 Å². The molecule has 0 fully saturated rings. The molecular weight excluding hydrogens is 959 g/mol. The van der Waals surface area contributed by atoms with Crippen LogP contribution in [-0.2, 0) is 57.2 Å². The zero-order chi connectivity index (χ0) is 48.4. The highest BCUT2D eigenvalue weighted by Crippen LogP contribution is 2.47. The first-order chi connectivity index (χ1) is 31.8. The quantitative estimate of drug-likeness (QED) is 0.0133. The highest BCUT2D eigenvalue weighted by Gasteiger charge is 2.25. The van der Waals surface area contributed by atoms with E-state index in [1.54, 1.807) is 25.1 Å². The molecule has 7 aromatic rings. The van der Waals surface area contributed by atoms with Crippen molar-refractivity contribution in [1.29, 1.82) is 0 Å². The van der Waals surface area contributed by atoms with Crippen LogP contribution in [0.2, 0.25) is 0 Å². The van der Waals surface area contributed by atoms with E-state index in [9.17, 15) is 40.6 Å². The van der Waals surface area contributed by atoms with E-state index in [1.165, 1.54) is 67.8 Å². The molecule has 0 unspecified atom stereocenters. The summed E-state index contributed by atoms with van der Waals surface area (Å²) in [6.45, 7) is 1.61. The monoisotopic (exact) mass is 993 g/mol. The minimum Gasteiger partial charge on any atom is -0.507 e. The topological polar surface area (TPSA) is 319 Å². The van der Waals surface area contributed by atoms with Crippen LogP contribution in [0.15, 0.2) is 141 Å². The Kier molecular flexibility index (Phi) is 13.9. The Labute approximate surface area is 385 Å². The van der Waals surface area contributed by atoms with Gasteiger partial charge in [-0.05, 0) is 77.9 Å². The van der Waals surface area contributed by atoms with Crippen molar-refractivity contribution >= 4 is 115 Å². The fraction of sp³-hybridized carbons (Fsp3) is 0.122. The number of nitrogens with zero attached hydrogens (tertiary/aromatic N) is 6. The molecule has 0 spiro atoms. The Balaban J connectivity index is 1.24. The number of azo groups is 3. The second-order valence-electron chi connectivity index (χ2n) is 13.8. The summed E-state index contributed by atoms with van der Waals surface area (Å²) in [5.74, 6) is -1.30. The summed E-state index contributed by atoms with van der Waals surface area (Å²) >= 11 is 0.616. The molecule has 0 aliphatic rings. The van der Waals surface area contributed by atoms with Crippen LogP contribution in [0.5, 0.6) is 17.2 Å². The number of anilines is 1. The predicted molar refractivity (Wildman–Crippen MR) is 243 cm³/mol. The molecule has 0 heterocycles. The summed E-state index contributed by atoms with van der Waals surface area (Å²) < 4.78 is 95.0. The highest BCUT2D eigenvalue weighted by molar-refractivity contribution is 7.94. The SMILES string of the molecule is COOOSc1cc2ccc(N=Nc3c(N)ccc4cc(S(=O)(=O)OC)cc(O)c34)cc2c(O)c1N=Nc1cc(C)c(N=Nc2cc(S(=O)(=O)OC)c3cccc(S(=O)(=O)OC)c3c2)cc1O. The van der Waals surface area contributed by atoms with Gasteiger partial charge in [0, 0.05) is 28.3 Å². The van der Waals surface area contributed by atoms with Gasteiger partial charge >= 0.3 is 0 Å². The van der Waals surface area contributed by atoms with Crippen LogP contribution in [-0.4, -0.2) is 69.0 Å². The average Bonchev–Trinajstić information content (AvgIpc) is 3.31. The number of nitrogen functional groups attached to an aromatic ring is 1. The van der Waals surface area contributed by atoms with Crippen molar-refractivity contribution in [3.63, 3.8) is 0 Å². The lowest BCUT2D eigenvalue weighted by molar-refractivity contribution is -0.447. The summed E-state index contributed by atoms with van der Waals surface area (Å²) in [5.41, 5.74) is 6.75. The van der Waals surface area contributed by atoms with Gasteiger partial charge in [0.25, 0.3) is 30.4 Å². The van der Waals surface area contributed by atoms with E-state index in [0.717, 1.165) is 33.5 Å². The number of aromatic hydroxyl groups is 3. The summed E-state index contributed by atoms with van der Waals surface area (Å²) in [7, 11) is -8.72. The van der Waals surface area contributed by atoms with Crippen LogP contribution in [0.3, 0.4) is 0 Å². The van der Waals surface area contributed by atoms with Crippen LogP contribution in [0, 0.1) is 6.92 Å². The fourth-order valence-electron chi connectivity index (χ4n) is 6.55. The zero-order valence-corrected chi connectivity index (χ0v) is 38.6. The lowest BCUT2D eigenvalue weighted by atomic mass is 10.1. The minimum absolute atomic E-state index is 0.0241. The molecule has 0 saturated carbocycles. The van der Waals surface area contributed by atoms with Gasteiger partial charge in [-0.25, -0.2) is 4.89 Å². The first-order valence-electron chi connectivity index (χ1n) is 18.8. The largest absolute Gasteiger partial charge is 0.507 e. The normalized spacial score (nSPS) is 12.8. The van der Waals surface area contributed by atoms with Gasteiger partial charge in [-0.2, -0.15) is 40.6 Å². The second kappa shape index (κ2) is 19.2. The molecule has 348 valence electrons. The summed E-state index contributed by atoms with van der Waals surface area (Å²) in [6, 6.07) is 20.5. The first-order valence-corrected chi connectivity index (χ1v) is 23.8. The number of phenols is 3. The summed E-state index contributed by atoms with van der Waals surface area (Å²) in [5, 5.41) is 64.4. The number of nitrogens with two attached hydrogens (primary N) is 1. The maximum absolute atomic E-state index is 12.9. The number of rotatable bonds is 16. The van der Waals surface area contributed by atoms with Crippen molar-refractivity contribution < 1.29 is 67.4 Å². The van der Waals surface area contributed by atoms with Crippen LogP contribution in [0.1, 0.15) is 5.56 Å². The predicted octanol–water partition coefficient (Wildman–Crippen LogP) is 9.92. The van der Waals surface area contributed by atoms with E-state index in [1.807, 2.05) is 0 Å². The van der Waals surface area contributed by atoms with E-state index in [0.29, 0.717) is 23.0 Å². The van der Waals surface area contributed by atoms with Gasteiger partial charge in [-0.1, -0.05) is 29.3 Å². The number of benzene rings is 7. The molecule has 0 bridgehead atoms. The van der Waals surface area contributed by atoms with Crippen molar-refractivity contribution in [2.45, 2.75) is 26.5 Å². The summed E-state index contributed by atoms with van der Waals surface area (Å²) in [6.07, 6.45) is 0. The molecule has 5 N–H and O–H groups in total. The molecule has 7 rings (SSSR count). The van der Waals surface area contributed by atoms with Crippen LogP contribution in [0.4, 0.5) is 39.8 Å². The third-order valence-electron chi connectivity index (χ3n) is 9.81. The standard InChI is InChI=1S/C41H35N7O15S4/c1-21-13-32(33(49)20-31(21)45-44-25-17-29-27(37(18-25)67(56,57)61-5)7-6-8-36(29)66(54,55)60-4)46-48-40-35(64-63-62-58-2)15-22-9-11-24(16-28(22)41(40)51)43-47-39-30(42)12-10-23-14-26(65(52,53)59-3)19-34(50)38(23)39/h6-20,49-51H,42H2,1-5H3. The molecular formula is C41H35N7O15S4.